The van der Waals surface area contributed by atoms with Crippen molar-refractivity contribution in [3.8, 4) is 5.75 Å². The largest absolute Gasteiger partial charge is 0.488 e. The van der Waals surface area contributed by atoms with Gasteiger partial charge in [0.2, 0.25) is 5.90 Å². The molecule has 0 saturated heterocycles. The molecule has 3 aromatic carbocycles. The predicted octanol–water partition coefficient (Wildman–Crippen LogP) is 5.51. The highest BCUT2D eigenvalue weighted by molar-refractivity contribution is 9.10. The van der Waals surface area contributed by atoms with E-state index < -0.39 is 5.97 Å². The molecule has 0 aliphatic carbocycles. The number of halogens is 2. The molecule has 0 spiro atoms. The Labute approximate surface area is 175 Å². The van der Waals surface area contributed by atoms with Crippen LogP contribution in [0.1, 0.15) is 16.7 Å². The molecule has 0 saturated carbocycles. The van der Waals surface area contributed by atoms with Crippen LogP contribution in [0.15, 0.2) is 88.0 Å². The molecule has 144 valence electrons. The lowest BCUT2D eigenvalue weighted by atomic mass is 10.1. The van der Waals surface area contributed by atoms with Crippen LogP contribution in [0.2, 0.25) is 0 Å². The van der Waals surface area contributed by atoms with Crippen LogP contribution in [-0.4, -0.2) is 11.9 Å². The van der Waals surface area contributed by atoms with Crippen molar-refractivity contribution in [2.45, 2.75) is 6.61 Å². The van der Waals surface area contributed by atoms with Gasteiger partial charge in [0.05, 0.1) is 0 Å². The number of nitrogens with zero attached hydrogens (tertiary/aromatic N) is 1. The molecule has 0 aromatic heterocycles. The van der Waals surface area contributed by atoms with E-state index >= 15 is 0 Å². The zero-order chi connectivity index (χ0) is 20.2. The van der Waals surface area contributed by atoms with E-state index in [1.807, 2.05) is 42.5 Å². The second kappa shape index (κ2) is 8.41. The number of hydrogen-bond acceptors (Lipinski definition) is 4. The molecule has 0 bridgehead atoms. The molecule has 0 unspecified atom stereocenters. The van der Waals surface area contributed by atoms with Crippen molar-refractivity contribution in [1.29, 1.82) is 0 Å². The minimum Gasteiger partial charge on any atom is -0.488 e. The van der Waals surface area contributed by atoms with E-state index in [-0.39, 0.29) is 24.0 Å². The van der Waals surface area contributed by atoms with Crippen LogP contribution in [0, 0.1) is 5.82 Å². The molecule has 4 nitrogen and oxygen atoms in total. The lowest BCUT2D eigenvalue weighted by Crippen LogP contribution is -2.05. The average Bonchev–Trinajstić information content (AvgIpc) is 3.10. The monoisotopic (exact) mass is 451 g/mol. The third-order valence-corrected chi connectivity index (χ3v) is 4.71. The summed E-state index contributed by atoms with van der Waals surface area (Å²) >= 11 is 3.43. The summed E-state index contributed by atoms with van der Waals surface area (Å²) in [6.07, 6.45) is 1.63. The van der Waals surface area contributed by atoms with Gasteiger partial charge in [0.1, 0.15) is 18.2 Å². The summed E-state index contributed by atoms with van der Waals surface area (Å²) < 4.78 is 25.1. The Morgan fingerprint density at radius 2 is 1.79 bits per heavy atom. The van der Waals surface area contributed by atoms with Crippen LogP contribution in [0.25, 0.3) is 6.08 Å². The molecule has 0 fully saturated rings. The summed E-state index contributed by atoms with van der Waals surface area (Å²) in [5, 5.41) is 0. The Morgan fingerprint density at radius 3 is 2.55 bits per heavy atom. The first kappa shape index (κ1) is 19.1. The highest BCUT2D eigenvalue weighted by Gasteiger charge is 2.24. The lowest BCUT2D eigenvalue weighted by Gasteiger charge is -2.10. The number of esters is 1. The van der Waals surface area contributed by atoms with E-state index in [4.69, 9.17) is 9.47 Å². The maximum Gasteiger partial charge on any atom is 0.363 e. The Morgan fingerprint density at radius 1 is 1.03 bits per heavy atom. The topological polar surface area (TPSA) is 47.9 Å². The van der Waals surface area contributed by atoms with E-state index in [1.54, 1.807) is 24.3 Å². The molecule has 3 aromatic rings. The fourth-order valence-corrected chi connectivity index (χ4v) is 3.14. The normalized spacial score (nSPS) is 14.6. The third kappa shape index (κ3) is 4.60. The van der Waals surface area contributed by atoms with Gasteiger partial charge in [0, 0.05) is 15.6 Å². The van der Waals surface area contributed by atoms with Crippen LogP contribution < -0.4 is 4.74 Å². The molecule has 0 atom stereocenters. The standard InChI is InChI=1S/C23H15BrFNO3/c24-18-8-11-21(28-14-15-6-9-19(25)10-7-15)17(12-18)13-20-23(27)29-22(26-20)16-4-2-1-3-5-16/h1-13H,14H2. The van der Waals surface area contributed by atoms with Crippen LogP contribution >= 0.6 is 15.9 Å². The lowest BCUT2D eigenvalue weighted by molar-refractivity contribution is -0.129. The summed E-state index contributed by atoms with van der Waals surface area (Å²) in [6.45, 7) is 0.265. The van der Waals surface area contributed by atoms with Crippen molar-refractivity contribution in [2.24, 2.45) is 4.99 Å². The highest BCUT2D eigenvalue weighted by atomic mass is 79.9. The number of rotatable bonds is 5. The fraction of sp³-hybridized carbons (Fsp3) is 0.0435. The van der Waals surface area contributed by atoms with Crippen LogP contribution in [0.4, 0.5) is 4.39 Å². The molecular weight excluding hydrogens is 437 g/mol. The zero-order valence-electron chi connectivity index (χ0n) is 15.1. The van der Waals surface area contributed by atoms with Crippen molar-refractivity contribution in [3.05, 3.63) is 105 Å². The Kier molecular flexibility index (Phi) is 5.53. The molecule has 0 radical (unpaired) electrons. The molecule has 1 aliphatic rings. The second-order valence-corrected chi connectivity index (χ2v) is 7.22. The average molecular weight is 452 g/mol. The van der Waals surface area contributed by atoms with Gasteiger partial charge in [-0.25, -0.2) is 14.2 Å². The molecular formula is C23H15BrFNO3. The van der Waals surface area contributed by atoms with Gasteiger partial charge < -0.3 is 9.47 Å². The molecule has 29 heavy (non-hydrogen) atoms. The molecule has 0 N–H and O–H groups in total. The van der Waals surface area contributed by atoms with E-state index in [9.17, 15) is 9.18 Å². The molecule has 6 heteroatoms. The Hall–Kier alpha value is -3.25. The number of benzene rings is 3. The number of aliphatic imine (C=N–C) groups is 1. The van der Waals surface area contributed by atoms with E-state index in [1.165, 1.54) is 12.1 Å². The number of cyclic esters (lactones) is 1. The first-order valence-corrected chi connectivity index (χ1v) is 9.62. The molecule has 4 rings (SSSR count). The first-order chi connectivity index (χ1) is 14.1. The SMILES string of the molecule is O=C1OC(c2ccccc2)=NC1=Cc1cc(Br)ccc1OCc1ccc(F)cc1. The van der Waals surface area contributed by atoms with Crippen molar-refractivity contribution in [2.75, 3.05) is 0 Å². The quantitative estimate of drug-likeness (QED) is 0.379. The van der Waals surface area contributed by atoms with Gasteiger partial charge in [0.15, 0.2) is 5.70 Å². The summed E-state index contributed by atoms with van der Waals surface area (Å²) in [5.41, 5.74) is 2.42. The van der Waals surface area contributed by atoms with Gasteiger partial charge in [-0.1, -0.05) is 46.3 Å². The predicted molar refractivity (Wildman–Crippen MR) is 112 cm³/mol. The van der Waals surface area contributed by atoms with Gasteiger partial charge in [0.25, 0.3) is 0 Å². The summed E-state index contributed by atoms with van der Waals surface area (Å²) in [6, 6.07) is 20.8. The van der Waals surface area contributed by atoms with Crippen molar-refractivity contribution >= 4 is 33.9 Å². The van der Waals surface area contributed by atoms with Crippen LogP contribution in [0.5, 0.6) is 5.75 Å². The van der Waals surface area contributed by atoms with E-state index in [2.05, 4.69) is 20.9 Å². The molecule has 1 aliphatic heterocycles. The Balaban J connectivity index is 1.60. The number of carbonyl (C=O) groups is 1. The number of carbonyl (C=O) groups excluding carboxylic acids is 1. The van der Waals surface area contributed by atoms with Gasteiger partial charge in [-0.05, 0) is 54.1 Å². The van der Waals surface area contributed by atoms with Crippen molar-refractivity contribution in [1.82, 2.24) is 0 Å². The van der Waals surface area contributed by atoms with Gasteiger partial charge in [-0.15, -0.1) is 0 Å². The number of ether oxygens (including phenoxy) is 2. The maximum atomic E-state index is 13.1. The highest BCUT2D eigenvalue weighted by Crippen LogP contribution is 2.28. The molecule has 0 amide bonds. The van der Waals surface area contributed by atoms with Gasteiger partial charge >= 0.3 is 5.97 Å². The minimum atomic E-state index is -0.520. The number of hydrogen-bond donors (Lipinski definition) is 0. The van der Waals surface area contributed by atoms with E-state index in [0.29, 0.717) is 11.3 Å². The van der Waals surface area contributed by atoms with Gasteiger partial charge in [-0.2, -0.15) is 0 Å². The maximum absolute atomic E-state index is 13.1. The smallest absolute Gasteiger partial charge is 0.363 e. The first-order valence-electron chi connectivity index (χ1n) is 8.83. The van der Waals surface area contributed by atoms with E-state index in [0.717, 1.165) is 15.6 Å². The summed E-state index contributed by atoms with van der Waals surface area (Å²) in [4.78, 5) is 16.6. The van der Waals surface area contributed by atoms with Crippen molar-refractivity contribution in [3.63, 3.8) is 0 Å². The second-order valence-electron chi connectivity index (χ2n) is 6.30. The van der Waals surface area contributed by atoms with Crippen LogP contribution in [-0.2, 0) is 16.1 Å². The molecule has 1 heterocycles. The zero-order valence-corrected chi connectivity index (χ0v) is 16.7. The minimum absolute atomic E-state index is 0.189. The summed E-state index contributed by atoms with van der Waals surface area (Å²) in [7, 11) is 0. The van der Waals surface area contributed by atoms with Gasteiger partial charge in [-0.3, -0.25) is 0 Å². The van der Waals surface area contributed by atoms with Crippen molar-refractivity contribution < 1.29 is 18.7 Å². The van der Waals surface area contributed by atoms with Crippen LogP contribution in [0.3, 0.4) is 0 Å². The third-order valence-electron chi connectivity index (χ3n) is 4.21. The Bertz CT molecular complexity index is 1110. The summed E-state index contributed by atoms with van der Waals surface area (Å²) in [5.74, 6) is 0.0229. The fourth-order valence-electron chi connectivity index (χ4n) is 2.77.